The van der Waals surface area contributed by atoms with Crippen molar-refractivity contribution in [3.05, 3.63) is 36.2 Å². The third kappa shape index (κ3) is 4.19. The summed E-state index contributed by atoms with van der Waals surface area (Å²) >= 11 is 0. The van der Waals surface area contributed by atoms with Gasteiger partial charge in [0.1, 0.15) is 10.6 Å². The van der Waals surface area contributed by atoms with E-state index >= 15 is 0 Å². The summed E-state index contributed by atoms with van der Waals surface area (Å²) in [5.74, 6) is 0.0253. The van der Waals surface area contributed by atoms with E-state index in [0.29, 0.717) is 12.5 Å². The Balaban J connectivity index is 2.42. The molecule has 1 aromatic carbocycles. The molecule has 0 saturated heterocycles. The number of nitrogens with zero attached hydrogens (tertiary/aromatic N) is 2. The maximum atomic E-state index is 12.9. The molecule has 0 bridgehead atoms. The van der Waals surface area contributed by atoms with Crippen molar-refractivity contribution in [1.82, 2.24) is 9.78 Å². The van der Waals surface area contributed by atoms with Crippen LogP contribution in [0.4, 0.5) is 18.9 Å². The summed E-state index contributed by atoms with van der Waals surface area (Å²) in [5.41, 5.74) is -1.25. The van der Waals surface area contributed by atoms with Crippen molar-refractivity contribution in [2.24, 2.45) is 7.05 Å². The van der Waals surface area contributed by atoms with Crippen LogP contribution >= 0.6 is 0 Å². The molecule has 0 fully saturated rings. The van der Waals surface area contributed by atoms with Crippen molar-refractivity contribution in [2.45, 2.75) is 24.4 Å². The van der Waals surface area contributed by atoms with Crippen LogP contribution in [0, 0.1) is 0 Å². The third-order valence-electron chi connectivity index (χ3n) is 3.00. The van der Waals surface area contributed by atoms with Gasteiger partial charge in [0.2, 0.25) is 0 Å². The Morgan fingerprint density at radius 1 is 1.33 bits per heavy atom. The predicted molar refractivity (Wildman–Crippen MR) is 81.2 cm³/mol. The fourth-order valence-corrected chi connectivity index (χ4v) is 2.91. The second-order valence-corrected chi connectivity index (χ2v) is 6.69. The lowest BCUT2D eigenvalue weighted by molar-refractivity contribution is -0.137. The zero-order valence-corrected chi connectivity index (χ0v) is 13.8. The van der Waals surface area contributed by atoms with Crippen LogP contribution in [0.5, 0.6) is 5.75 Å². The van der Waals surface area contributed by atoms with Crippen LogP contribution < -0.4 is 9.46 Å². The molecule has 132 valence electrons. The highest BCUT2D eigenvalue weighted by molar-refractivity contribution is 7.92. The van der Waals surface area contributed by atoms with Crippen molar-refractivity contribution in [3.63, 3.8) is 0 Å². The highest BCUT2D eigenvalue weighted by atomic mass is 32.2. The number of hydrogen-bond acceptors (Lipinski definition) is 4. The lowest BCUT2D eigenvalue weighted by Gasteiger charge is -2.15. The first-order chi connectivity index (χ1) is 11.1. The molecule has 0 radical (unpaired) electrons. The second-order valence-electron chi connectivity index (χ2n) is 5.01. The largest absolute Gasteiger partial charge is 0.491 e. The fourth-order valence-electron chi connectivity index (χ4n) is 1.87. The molecule has 0 atom stereocenters. The SMILES string of the molecule is CCCOc1ccc(C(F)(F)F)cc1NS(=O)(=O)c1cnn(C)c1. The van der Waals surface area contributed by atoms with Gasteiger partial charge in [-0.05, 0) is 24.6 Å². The van der Waals surface area contributed by atoms with Crippen molar-refractivity contribution in [2.75, 3.05) is 11.3 Å². The normalized spacial score (nSPS) is 12.2. The quantitative estimate of drug-likeness (QED) is 0.856. The van der Waals surface area contributed by atoms with Crippen molar-refractivity contribution >= 4 is 15.7 Å². The predicted octanol–water partition coefficient (Wildman–Crippen LogP) is 3.03. The third-order valence-corrected chi connectivity index (χ3v) is 4.32. The van der Waals surface area contributed by atoms with Gasteiger partial charge in [0.25, 0.3) is 10.0 Å². The number of aromatic nitrogens is 2. The molecule has 2 aromatic rings. The zero-order chi connectivity index (χ0) is 18.0. The van der Waals surface area contributed by atoms with Crippen LogP contribution in [0.15, 0.2) is 35.5 Å². The molecule has 10 heteroatoms. The van der Waals surface area contributed by atoms with Gasteiger partial charge < -0.3 is 4.74 Å². The van der Waals surface area contributed by atoms with E-state index in [1.165, 1.54) is 17.9 Å². The van der Waals surface area contributed by atoms with Gasteiger partial charge in [-0.2, -0.15) is 18.3 Å². The van der Waals surface area contributed by atoms with Gasteiger partial charge in [-0.3, -0.25) is 9.40 Å². The highest BCUT2D eigenvalue weighted by Crippen LogP contribution is 2.36. The summed E-state index contributed by atoms with van der Waals surface area (Å²) in [6, 6.07) is 2.64. The van der Waals surface area contributed by atoms with Crippen LogP contribution in [-0.2, 0) is 23.2 Å². The smallest absolute Gasteiger partial charge is 0.416 e. The number of hydrogen-bond donors (Lipinski definition) is 1. The molecule has 2 rings (SSSR count). The summed E-state index contributed by atoms with van der Waals surface area (Å²) in [6.45, 7) is 2.07. The number of halogens is 3. The van der Waals surface area contributed by atoms with Gasteiger partial charge in [-0.1, -0.05) is 6.92 Å². The van der Waals surface area contributed by atoms with Crippen molar-refractivity contribution in [3.8, 4) is 5.75 Å². The average molecular weight is 363 g/mol. The molecule has 0 spiro atoms. The number of sulfonamides is 1. The number of nitrogens with one attached hydrogen (secondary N) is 1. The number of aryl methyl sites for hydroxylation is 1. The zero-order valence-electron chi connectivity index (χ0n) is 13.0. The van der Waals surface area contributed by atoms with Gasteiger partial charge in [-0.25, -0.2) is 8.42 Å². The molecular formula is C14H16F3N3O3S. The van der Waals surface area contributed by atoms with E-state index in [1.807, 2.05) is 6.92 Å². The van der Waals surface area contributed by atoms with E-state index in [-0.39, 0.29) is 22.9 Å². The van der Waals surface area contributed by atoms with Crippen LogP contribution in [-0.4, -0.2) is 24.8 Å². The maximum Gasteiger partial charge on any atom is 0.416 e. The standard InChI is InChI=1S/C14H16F3N3O3S/c1-3-6-23-13-5-4-10(14(15,16)17)7-12(13)19-24(21,22)11-8-18-20(2)9-11/h4-5,7-9,19H,3,6H2,1-2H3. The second kappa shape index (κ2) is 6.71. The molecule has 0 aliphatic carbocycles. The van der Waals surface area contributed by atoms with Gasteiger partial charge in [0, 0.05) is 13.2 Å². The van der Waals surface area contributed by atoms with Crippen LogP contribution in [0.25, 0.3) is 0 Å². The van der Waals surface area contributed by atoms with E-state index in [1.54, 1.807) is 0 Å². The van der Waals surface area contributed by atoms with Gasteiger partial charge in [0.05, 0.1) is 24.1 Å². The number of benzene rings is 1. The highest BCUT2D eigenvalue weighted by Gasteiger charge is 2.32. The van der Waals surface area contributed by atoms with Crippen LogP contribution in [0.3, 0.4) is 0 Å². The van der Waals surface area contributed by atoms with Crippen LogP contribution in [0.2, 0.25) is 0 Å². The molecule has 0 amide bonds. The van der Waals surface area contributed by atoms with E-state index in [4.69, 9.17) is 4.74 Å². The Morgan fingerprint density at radius 3 is 2.58 bits per heavy atom. The average Bonchev–Trinajstić information content (AvgIpc) is 2.92. The Morgan fingerprint density at radius 2 is 2.04 bits per heavy atom. The maximum absolute atomic E-state index is 12.9. The van der Waals surface area contributed by atoms with E-state index in [0.717, 1.165) is 18.3 Å². The minimum absolute atomic E-state index is 0.0253. The first kappa shape index (κ1) is 18.1. The molecule has 6 nitrogen and oxygen atoms in total. The fraction of sp³-hybridized carbons (Fsp3) is 0.357. The minimum atomic E-state index is -4.60. The monoisotopic (exact) mass is 363 g/mol. The molecule has 1 aromatic heterocycles. The van der Waals surface area contributed by atoms with E-state index < -0.39 is 21.8 Å². The van der Waals surface area contributed by atoms with Crippen molar-refractivity contribution < 1.29 is 26.3 Å². The Hall–Kier alpha value is -2.23. The van der Waals surface area contributed by atoms with Crippen LogP contribution in [0.1, 0.15) is 18.9 Å². The Labute approximate surface area is 137 Å². The Kier molecular flexibility index (Phi) is 5.07. The van der Waals surface area contributed by atoms with Gasteiger partial charge in [-0.15, -0.1) is 0 Å². The molecule has 0 unspecified atom stereocenters. The molecule has 24 heavy (non-hydrogen) atoms. The number of alkyl halides is 3. The molecule has 1 heterocycles. The topological polar surface area (TPSA) is 73.2 Å². The van der Waals surface area contributed by atoms with E-state index in [2.05, 4.69) is 9.82 Å². The minimum Gasteiger partial charge on any atom is -0.491 e. The number of anilines is 1. The summed E-state index contributed by atoms with van der Waals surface area (Å²) in [6.07, 6.45) is -1.64. The first-order valence-electron chi connectivity index (χ1n) is 6.99. The summed E-state index contributed by atoms with van der Waals surface area (Å²) in [5, 5.41) is 3.74. The number of ether oxygens (including phenoxy) is 1. The molecule has 0 aliphatic rings. The lowest BCUT2D eigenvalue weighted by atomic mass is 10.2. The summed E-state index contributed by atoms with van der Waals surface area (Å²) in [7, 11) is -2.56. The lowest BCUT2D eigenvalue weighted by Crippen LogP contribution is -2.15. The molecule has 0 saturated carbocycles. The Bertz CT molecular complexity index is 816. The molecular weight excluding hydrogens is 347 g/mol. The number of rotatable bonds is 6. The van der Waals surface area contributed by atoms with Gasteiger partial charge >= 0.3 is 6.18 Å². The van der Waals surface area contributed by atoms with E-state index in [9.17, 15) is 21.6 Å². The van der Waals surface area contributed by atoms with Gasteiger partial charge in [0.15, 0.2) is 0 Å². The van der Waals surface area contributed by atoms with Crippen molar-refractivity contribution in [1.29, 1.82) is 0 Å². The molecule has 0 aliphatic heterocycles. The molecule has 1 N–H and O–H groups in total. The summed E-state index contributed by atoms with van der Waals surface area (Å²) < 4.78 is 72.0. The first-order valence-corrected chi connectivity index (χ1v) is 8.47. The summed E-state index contributed by atoms with van der Waals surface area (Å²) in [4.78, 5) is -0.163.